The van der Waals surface area contributed by atoms with E-state index in [0.29, 0.717) is 6.71 Å². The first-order chi connectivity index (χ1) is 15.3. The predicted molar refractivity (Wildman–Crippen MR) is 136 cm³/mol. The largest absolute Gasteiger partial charge is 0.291 e. The van der Waals surface area contributed by atoms with Crippen molar-refractivity contribution in [2.24, 2.45) is 0 Å². The van der Waals surface area contributed by atoms with Gasteiger partial charge in [-0.15, -0.1) is 0 Å². The molecule has 1 aromatic heterocycles. The Morgan fingerprint density at radius 3 is 1.69 bits per heavy atom. The van der Waals surface area contributed by atoms with Crippen LogP contribution in [0, 0.1) is 41.5 Å². The predicted octanol–water partition coefficient (Wildman–Crippen LogP) is 6.41. The van der Waals surface area contributed by atoms with E-state index in [1.807, 2.05) is 0 Å². The zero-order valence-electron chi connectivity index (χ0n) is 20.8. The lowest BCUT2D eigenvalue weighted by molar-refractivity contribution is -0.577. The third-order valence-corrected chi connectivity index (χ3v) is 8.22. The van der Waals surface area contributed by atoms with Gasteiger partial charge in [0, 0.05) is 0 Å². The molecule has 166 valence electrons. The van der Waals surface area contributed by atoms with E-state index in [-0.39, 0.29) is 0 Å². The maximum absolute atomic E-state index is 2.57. The normalized spacial score (nSPS) is 20.6. The SMILES string of the molecule is Cc1cc(C)c(-n2cc[n+](-c3c(C)cc(C)cc3C)c2B2C3CCCC2CCC3)c(C)c1. The standard InChI is InChI=1S/C29H38BN2/c1-19-15-21(3)27(22(4)16-19)31-13-14-32(28-23(5)17-20(2)18-24(28)6)29(31)30-25-9-7-10-26(30)12-8-11-25/h13-18,25-26H,7-12H2,1-6H3/q+1. The summed E-state index contributed by atoms with van der Waals surface area (Å²) in [6.45, 7) is 14.2. The van der Waals surface area contributed by atoms with Crippen molar-refractivity contribution in [2.45, 2.75) is 91.7 Å². The van der Waals surface area contributed by atoms with E-state index in [9.17, 15) is 0 Å². The average molecular weight is 425 g/mol. The molecule has 0 atom stereocenters. The van der Waals surface area contributed by atoms with Crippen LogP contribution in [-0.2, 0) is 0 Å². The molecule has 0 spiro atoms. The Labute approximate surface area is 194 Å². The first kappa shape index (κ1) is 21.6. The average Bonchev–Trinajstić information content (AvgIpc) is 3.09. The molecule has 2 aliphatic heterocycles. The molecule has 0 unspecified atom stereocenters. The Balaban J connectivity index is 1.79. The van der Waals surface area contributed by atoms with Crippen LogP contribution in [0.25, 0.3) is 11.4 Å². The fraction of sp³-hybridized carbons (Fsp3) is 0.483. The fourth-order valence-corrected chi connectivity index (χ4v) is 7.30. The highest BCUT2D eigenvalue weighted by molar-refractivity contribution is 6.74. The minimum atomic E-state index is 0.646. The highest BCUT2D eigenvalue weighted by Gasteiger charge is 2.48. The first-order valence-corrected chi connectivity index (χ1v) is 12.6. The second-order valence-corrected chi connectivity index (χ2v) is 10.8. The Morgan fingerprint density at radius 1 is 0.719 bits per heavy atom. The molecular formula is C29H38BN2+. The summed E-state index contributed by atoms with van der Waals surface area (Å²) in [5, 5.41) is 0. The maximum atomic E-state index is 2.57. The highest BCUT2D eigenvalue weighted by Crippen LogP contribution is 2.46. The van der Waals surface area contributed by atoms with E-state index >= 15 is 0 Å². The summed E-state index contributed by atoms with van der Waals surface area (Å²) >= 11 is 0. The van der Waals surface area contributed by atoms with Crippen molar-refractivity contribution in [2.75, 3.05) is 0 Å². The molecular weight excluding hydrogens is 387 g/mol. The van der Waals surface area contributed by atoms with Gasteiger partial charge in [-0.1, -0.05) is 73.9 Å². The van der Waals surface area contributed by atoms with E-state index < -0.39 is 0 Å². The molecule has 0 radical (unpaired) electrons. The topological polar surface area (TPSA) is 8.81 Å². The van der Waals surface area contributed by atoms with Crippen molar-refractivity contribution in [1.82, 2.24) is 4.57 Å². The molecule has 2 nitrogen and oxygen atoms in total. The summed E-state index contributed by atoms with van der Waals surface area (Å²) in [6, 6.07) is 9.39. The van der Waals surface area contributed by atoms with Gasteiger partial charge < -0.3 is 0 Å². The Kier molecular flexibility index (Phi) is 5.56. The van der Waals surface area contributed by atoms with Gasteiger partial charge in [0.1, 0.15) is 23.8 Å². The van der Waals surface area contributed by atoms with Crippen LogP contribution in [-0.4, -0.2) is 11.3 Å². The summed E-state index contributed by atoms with van der Waals surface area (Å²) in [7, 11) is 0. The molecule has 2 aliphatic rings. The number of fused-ring (bicyclic) bond motifs is 2. The van der Waals surface area contributed by atoms with Crippen LogP contribution in [0.15, 0.2) is 36.7 Å². The van der Waals surface area contributed by atoms with Gasteiger partial charge in [0.25, 0.3) is 6.71 Å². The van der Waals surface area contributed by atoms with Crippen molar-refractivity contribution in [3.8, 4) is 11.4 Å². The minimum Gasteiger partial charge on any atom is -0.209 e. The van der Waals surface area contributed by atoms with Crippen molar-refractivity contribution < 1.29 is 4.57 Å². The van der Waals surface area contributed by atoms with Crippen LogP contribution >= 0.6 is 0 Å². The summed E-state index contributed by atoms with van der Waals surface area (Å²) in [6.07, 6.45) is 13.1. The Hall–Kier alpha value is -2.29. The third kappa shape index (κ3) is 3.54. The number of hydrogen-bond donors (Lipinski definition) is 0. The molecule has 0 saturated carbocycles. The fourth-order valence-electron chi connectivity index (χ4n) is 7.30. The molecule has 2 fully saturated rings. The zero-order valence-corrected chi connectivity index (χ0v) is 20.8. The van der Waals surface area contributed by atoms with Gasteiger partial charge in [0.2, 0.25) is 5.72 Å². The molecule has 2 bridgehead atoms. The Bertz CT molecular complexity index is 1030. The number of benzene rings is 2. The van der Waals surface area contributed by atoms with Crippen molar-refractivity contribution >= 4 is 12.4 Å². The van der Waals surface area contributed by atoms with Gasteiger partial charge in [-0.25, -0.2) is 9.13 Å². The van der Waals surface area contributed by atoms with Crippen LogP contribution in [0.1, 0.15) is 71.9 Å². The lowest BCUT2D eigenvalue weighted by Crippen LogP contribution is -2.61. The molecule has 0 amide bonds. The van der Waals surface area contributed by atoms with Crippen LogP contribution < -0.4 is 10.3 Å². The van der Waals surface area contributed by atoms with E-state index in [0.717, 1.165) is 11.6 Å². The summed E-state index contributed by atoms with van der Waals surface area (Å²) < 4.78 is 5.15. The third-order valence-electron chi connectivity index (χ3n) is 8.22. The number of nitrogens with zero attached hydrogens (tertiary/aromatic N) is 2. The second-order valence-electron chi connectivity index (χ2n) is 10.8. The van der Waals surface area contributed by atoms with Crippen molar-refractivity contribution in [3.63, 3.8) is 0 Å². The second kappa shape index (κ2) is 8.25. The molecule has 32 heavy (non-hydrogen) atoms. The van der Waals surface area contributed by atoms with Crippen LogP contribution in [0.5, 0.6) is 0 Å². The molecule has 3 aromatic rings. The number of aryl methyl sites for hydroxylation is 6. The molecule has 5 rings (SSSR count). The summed E-state index contributed by atoms with van der Waals surface area (Å²) in [5.41, 5.74) is 12.5. The van der Waals surface area contributed by atoms with E-state index in [2.05, 4.69) is 87.3 Å². The number of imidazole rings is 1. The molecule has 0 aliphatic carbocycles. The molecule has 2 saturated heterocycles. The van der Waals surface area contributed by atoms with Gasteiger partial charge >= 0.3 is 0 Å². The van der Waals surface area contributed by atoms with Gasteiger partial charge in [-0.2, -0.15) is 0 Å². The van der Waals surface area contributed by atoms with Crippen molar-refractivity contribution in [3.05, 3.63) is 70.0 Å². The van der Waals surface area contributed by atoms with Crippen LogP contribution in [0.3, 0.4) is 0 Å². The van der Waals surface area contributed by atoms with Crippen LogP contribution in [0.2, 0.25) is 11.6 Å². The quantitative estimate of drug-likeness (QED) is 0.339. The van der Waals surface area contributed by atoms with E-state index in [4.69, 9.17) is 0 Å². The van der Waals surface area contributed by atoms with E-state index in [1.54, 1.807) is 0 Å². The maximum Gasteiger partial charge on any atom is 0.291 e. The Morgan fingerprint density at radius 2 is 1.19 bits per heavy atom. The summed E-state index contributed by atoms with van der Waals surface area (Å²) in [5.74, 6) is 1.64. The smallest absolute Gasteiger partial charge is 0.209 e. The van der Waals surface area contributed by atoms with Crippen LogP contribution in [0.4, 0.5) is 0 Å². The summed E-state index contributed by atoms with van der Waals surface area (Å²) in [4.78, 5) is 0. The molecule has 0 N–H and O–H groups in total. The van der Waals surface area contributed by atoms with Gasteiger partial charge in [-0.05, 0) is 75.4 Å². The van der Waals surface area contributed by atoms with Gasteiger partial charge in [0.05, 0.1) is 0 Å². The lowest BCUT2D eigenvalue weighted by Gasteiger charge is -2.38. The first-order valence-electron chi connectivity index (χ1n) is 12.6. The molecule has 3 heterocycles. The number of aromatic nitrogens is 2. The number of hydrogen-bond acceptors (Lipinski definition) is 0. The number of rotatable bonds is 3. The van der Waals surface area contributed by atoms with Gasteiger partial charge in [-0.3, -0.25) is 0 Å². The zero-order chi connectivity index (χ0) is 22.6. The minimum absolute atomic E-state index is 0.646. The monoisotopic (exact) mass is 425 g/mol. The highest BCUT2D eigenvalue weighted by atomic mass is 15.2. The molecule has 3 heteroatoms. The molecule has 2 aromatic carbocycles. The lowest BCUT2D eigenvalue weighted by atomic mass is 9.26. The van der Waals surface area contributed by atoms with Gasteiger partial charge in [0.15, 0.2) is 0 Å². The van der Waals surface area contributed by atoms with Crippen molar-refractivity contribution in [1.29, 1.82) is 0 Å². The van der Waals surface area contributed by atoms with E-state index in [1.165, 1.54) is 89.0 Å².